The molecule has 5 nitrogen and oxygen atoms in total. The summed E-state index contributed by atoms with van der Waals surface area (Å²) < 4.78 is 10.4. The quantitative estimate of drug-likeness (QED) is 0.760. The monoisotopic (exact) mass is 261 g/mol. The molecule has 0 fully saturated rings. The number of carbonyl (C=O) groups is 1. The molecule has 0 aliphatic carbocycles. The minimum atomic E-state index is -1.31. The van der Waals surface area contributed by atoms with Gasteiger partial charge in [-0.25, -0.2) is 4.79 Å². The first kappa shape index (κ1) is 13.1. The van der Waals surface area contributed by atoms with Gasteiger partial charge in [-0.15, -0.1) is 0 Å². The first-order chi connectivity index (χ1) is 8.95. The van der Waals surface area contributed by atoms with E-state index in [9.17, 15) is 14.7 Å². The number of benzene rings is 1. The van der Waals surface area contributed by atoms with Gasteiger partial charge in [-0.1, -0.05) is 0 Å². The van der Waals surface area contributed by atoms with Crippen LogP contribution in [0.4, 0.5) is 0 Å². The van der Waals surface area contributed by atoms with E-state index in [-0.39, 0.29) is 5.56 Å². The number of carboxylic acid groups (broad SMARTS) is 1. The molecular formula is C14H13O5-. The molecule has 0 saturated carbocycles. The number of carbonyl (C=O) groups excluding carboxylic acids is 1. The number of hydrogen-bond donors (Lipinski definition) is 0. The Hall–Kier alpha value is -2.30. The number of carboxylic acids is 1. The molecule has 1 heterocycles. The second-order valence-corrected chi connectivity index (χ2v) is 4.31. The van der Waals surface area contributed by atoms with Crippen molar-refractivity contribution < 1.29 is 19.1 Å². The average Bonchev–Trinajstić information content (AvgIpc) is 2.35. The Kier molecular flexibility index (Phi) is 3.29. The lowest BCUT2D eigenvalue weighted by Crippen LogP contribution is -2.27. The van der Waals surface area contributed by atoms with E-state index in [0.29, 0.717) is 27.8 Å². The second-order valence-electron chi connectivity index (χ2n) is 4.31. The molecule has 2 rings (SSSR count). The molecule has 0 bridgehead atoms. The lowest BCUT2D eigenvalue weighted by molar-refractivity contribution is -0.304. The van der Waals surface area contributed by atoms with E-state index >= 15 is 0 Å². The zero-order chi connectivity index (χ0) is 14.2. The van der Waals surface area contributed by atoms with Crippen LogP contribution >= 0.6 is 0 Å². The van der Waals surface area contributed by atoms with E-state index in [1.807, 2.05) is 0 Å². The average molecular weight is 261 g/mol. The number of hydrogen-bond acceptors (Lipinski definition) is 5. The van der Waals surface area contributed by atoms with Crippen molar-refractivity contribution in [1.29, 1.82) is 0 Å². The molecular weight excluding hydrogens is 248 g/mol. The lowest BCUT2D eigenvalue weighted by Gasteiger charge is -2.11. The van der Waals surface area contributed by atoms with Gasteiger partial charge in [0.05, 0.1) is 7.11 Å². The van der Waals surface area contributed by atoms with Crippen LogP contribution in [0.2, 0.25) is 0 Å². The Labute approximate surface area is 109 Å². The molecule has 0 spiro atoms. The van der Waals surface area contributed by atoms with Gasteiger partial charge in [-0.3, -0.25) is 0 Å². The second kappa shape index (κ2) is 4.76. The lowest BCUT2D eigenvalue weighted by atomic mass is 10.0. The maximum atomic E-state index is 11.8. The fourth-order valence-corrected chi connectivity index (χ4v) is 2.14. The van der Waals surface area contributed by atoms with Gasteiger partial charge < -0.3 is 19.1 Å². The molecule has 0 amide bonds. The molecule has 2 aromatic rings. The number of fused-ring (bicyclic) bond motifs is 1. The molecule has 1 aromatic carbocycles. The summed E-state index contributed by atoms with van der Waals surface area (Å²) >= 11 is 0. The molecule has 0 aliphatic heterocycles. The molecule has 5 heteroatoms. The highest BCUT2D eigenvalue weighted by Crippen LogP contribution is 2.29. The fraction of sp³-hybridized carbons (Fsp3) is 0.286. The maximum Gasteiger partial charge on any atom is 0.340 e. The van der Waals surface area contributed by atoms with E-state index in [4.69, 9.17) is 9.15 Å². The topological polar surface area (TPSA) is 79.6 Å². The summed E-state index contributed by atoms with van der Waals surface area (Å²) in [6.07, 6.45) is -0.449. The van der Waals surface area contributed by atoms with Gasteiger partial charge >= 0.3 is 5.63 Å². The van der Waals surface area contributed by atoms with Crippen LogP contribution < -0.4 is 15.5 Å². The molecule has 19 heavy (non-hydrogen) atoms. The van der Waals surface area contributed by atoms with Gasteiger partial charge in [0.15, 0.2) is 0 Å². The first-order valence-corrected chi connectivity index (χ1v) is 5.75. The third-order valence-corrected chi connectivity index (χ3v) is 3.20. The SMILES string of the molecule is COc1ccc2c(C)c(CC(=O)[O-])c(=O)oc2c1C. The van der Waals surface area contributed by atoms with Crippen LogP contribution in [0.25, 0.3) is 11.0 Å². The van der Waals surface area contributed by atoms with Crippen LogP contribution in [-0.2, 0) is 11.2 Å². The number of ether oxygens (including phenoxy) is 1. The largest absolute Gasteiger partial charge is 0.550 e. The van der Waals surface area contributed by atoms with Gasteiger partial charge in [-0.2, -0.15) is 0 Å². The standard InChI is InChI=1S/C14H14O5/c1-7-9-4-5-11(18-3)8(2)13(9)19-14(17)10(7)6-12(15)16/h4-5H,6H2,1-3H3,(H,15,16)/p-1. The third kappa shape index (κ3) is 2.19. The van der Waals surface area contributed by atoms with E-state index in [1.165, 1.54) is 7.11 Å². The Balaban J connectivity index is 2.80. The Morgan fingerprint density at radius 2 is 2.00 bits per heavy atom. The number of aryl methyl sites for hydroxylation is 2. The number of methoxy groups -OCH3 is 1. The van der Waals surface area contributed by atoms with Crippen molar-refractivity contribution in [2.24, 2.45) is 0 Å². The predicted octanol–water partition coefficient (Wildman–Crippen LogP) is 0.711. The van der Waals surface area contributed by atoms with Crippen molar-refractivity contribution in [3.8, 4) is 5.75 Å². The van der Waals surface area contributed by atoms with Crippen LogP contribution in [-0.4, -0.2) is 13.1 Å². The molecule has 0 unspecified atom stereocenters. The Morgan fingerprint density at radius 1 is 1.32 bits per heavy atom. The predicted molar refractivity (Wildman–Crippen MR) is 67.2 cm³/mol. The van der Waals surface area contributed by atoms with Crippen LogP contribution in [0.15, 0.2) is 21.3 Å². The van der Waals surface area contributed by atoms with Crippen LogP contribution in [0.1, 0.15) is 16.7 Å². The Bertz CT molecular complexity index is 712. The Morgan fingerprint density at radius 3 is 2.58 bits per heavy atom. The minimum Gasteiger partial charge on any atom is -0.550 e. The summed E-state index contributed by atoms with van der Waals surface area (Å²) in [6.45, 7) is 3.48. The maximum absolute atomic E-state index is 11.8. The normalized spacial score (nSPS) is 10.7. The van der Waals surface area contributed by atoms with Crippen LogP contribution in [0.3, 0.4) is 0 Å². The molecule has 1 aromatic heterocycles. The van der Waals surface area contributed by atoms with E-state index < -0.39 is 18.0 Å². The molecule has 0 radical (unpaired) electrons. The summed E-state index contributed by atoms with van der Waals surface area (Å²) in [5, 5.41) is 11.4. The summed E-state index contributed by atoms with van der Waals surface area (Å²) in [5.74, 6) is -0.692. The van der Waals surface area contributed by atoms with Crippen molar-refractivity contribution in [3.63, 3.8) is 0 Å². The van der Waals surface area contributed by atoms with Gasteiger partial charge in [-0.05, 0) is 31.5 Å². The zero-order valence-corrected chi connectivity index (χ0v) is 10.9. The summed E-state index contributed by atoms with van der Waals surface area (Å²) in [5.41, 5.74) is 1.20. The van der Waals surface area contributed by atoms with Crippen molar-refractivity contribution in [3.05, 3.63) is 39.2 Å². The minimum absolute atomic E-state index is 0.122. The molecule has 0 N–H and O–H groups in total. The van der Waals surface area contributed by atoms with E-state index in [0.717, 1.165) is 0 Å². The number of rotatable bonds is 3. The van der Waals surface area contributed by atoms with Crippen LogP contribution in [0, 0.1) is 13.8 Å². The van der Waals surface area contributed by atoms with E-state index in [1.54, 1.807) is 26.0 Å². The molecule has 0 aliphatic rings. The van der Waals surface area contributed by atoms with Gasteiger partial charge in [0.2, 0.25) is 0 Å². The van der Waals surface area contributed by atoms with Crippen molar-refractivity contribution in [2.75, 3.05) is 7.11 Å². The summed E-state index contributed by atoms with van der Waals surface area (Å²) in [6, 6.07) is 3.51. The fourth-order valence-electron chi connectivity index (χ4n) is 2.14. The van der Waals surface area contributed by atoms with E-state index in [2.05, 4.69) is 0 Å². The third-order valence-electron chi connectivity index (χ3n) is 3.20. The van der Waals surface area contributed by atoms with Gasteiger partial charge in [0.25, 0.3) is 0 Å². The highest BCUT2D eigenvalue weighted by Gasteiger charge is 2.14. The van der Waals surface area contributed by atoms with Crippen LogP contribution in [0.5, 0.6) is 5.75 Å². The van der Waals surface area contributed by atoms with Crippen molar-refractivity contribution in [2.45, 2.75) is 20.3 Å². The smallest absolute Gasteiger partial charge is 0.340 e. The molecule has 100 valence electrons. The highest BCUT2D eigenvalue weighted by molar-refractivity contribution is 5.86. The summed E-state index contributed by atoms with van der Waals surface area (Å²) in [4.78, 5) is 22.5. The van der Waals surface area contributed by atoms with Crippen molar-refractivity contribution in [1.82, 2.24) is 0 Å². The molecule has 0 atom stereocenters. The zero-order valence-electron chi connectivity index (χ0n) is 10.9. The first-order valence-electron chi connectivity index (χ1n) is 5.75. The summed E-state index contributed by atoms with van der Waals surface area (Å²) in [7, 11) is 1.53. The van der Waals surface area contributed by atoms with Gasteiger partial charge in [0.1, 0.15) is 11.3 Å². The highest BCUT2D eigenvalue weighted by atomic mass is 16.5. The number of aliphatic carboxylic acids is 1. The van der Waals surface area contributed by atoms with Gasteiger partial charge in [0, 0.05) is 28.9 Å². The van der Waals surface area contributed by atoms with Crippen molar-refractivity contribution >= 4 is 16.9 Å². The molecule has 0 saturated heterocycles.